The molecule has 20 heavy (non-hydrogen) atoms. The Bertz CT molecular complexity index is 547. The first-order valence-corrected chi connectivity index (χ1v) is 6.75. The molecule has 6 heteroatoms. The summed E-state index contributed by atoms with van der Waals surface area (Å²) in [4.78, 5) is 23.8. The highest BCUT2D eigenvalue weighted by Crippen LogP contribution is 2.38. The van der Waals surface area contributed by atoms with Crippen molar-refractivity contribution in [3.05, 3.63) is 28.7 Å². The van der Waals surface area contributed by atoms with Crippen LogP contribution in [0.4, 0.5) is 5.69 Å². The van der Waals surface area contributed by atoms with Gasteiger partial charge in [-0.05, 0) is 31.7 Å². The van der Waals surface area contributed by atoms with Crippen LogP contribution >= 0.6 is 0 Å². The summed E-state index contributed by atoms with van der Waals surface area (Å²) in [6.07, 6.45) is 3.60. The minimum atomic E-state index is -0.854. The largest absolute Gasteiger partial charge is 0.383 e. The summed E-state index contributed by atoms with van der Waals surface area (Å²) >= 11 is 0. The molecular formula is C14H21N3O3. The number of nitrogens with two attached hydrogens (primary N) is 1. The van der Waals surface area contributed by atoms with Gasteiger partial charge in [-0.2, -0.15) is 0 Å². The first-order valence-electron chi connectivity index (χ1n) is 6.75. The molecule has 1 saturated carbocycles. The van der Waals surface area contributed by atoms with Gasteiger partial charge in [0.1, 0.15) is 0 Å². The molecule has 1 unspecified atom stereocenters. The lowest BCUT2D eigenvalue weighted by atomic mass is 9.96. The molecule has 1 aromatic rings. The Kier molecular flexibility index (Phi) is 4.25. The van der Waals surface area contributed by atoms with Gasteiger partial charge < -0.3 is 20.4 Å². The number of ether oxygens (including phenoxy) is 1. The van der Waals surface area contributed by atoms with E-state index in [9.17, 15) is 9.59 Å². The lowest BCUT2D eigenvalue weighted by Crippen LogP contribution is -2.50. The Labute approximate surface area is 117 Å². The summed E-state index contributed by atoms with van der Waals surface area (Å²) in [6, 6.07) is 3.02. The van der Waals surface area contributed by atoms with Crippen molar-refractivity contribution in [2.45, 2.75) is 31.8 Å². The van der Waals surface area contributed by atoms with Crippen LogP contribution in [0.1, 0.15) is 19.8 Å². The molecule has 0 aromatic carbocycles. The second-order valence-electron chi connectivity index (χ2n) is 5.45. The summed E-state index contributed by atoms with van der Waals surface area (Å²) in [5.74, 6) is 0.0406. The molecule has 0 spiro atoms. The monoisotopic (exact) mass is 279 g/mol. The lowest BCUT2D eigenvalue weighted by Gasteiger charge is -2.23. The van der Waals surface area contributed by atoms with Crippen LogP contribution in [0.2, 0.25) is 0 Å². The highest BCUT2D eigenvalue weighted by Gasteiger charge is 2.44. The fourth-order valence-corrected chi connectivity index (χ4v) is 2.10. The van der Waals surface area contributed by atoms with Crippen LogP contribution in [-0.2, 0) is 16.1 Å². The van der Waals surface area contributed by atoms with Gasteiger partial charge in [0.25, 0.3) is 5.56 Å². The highest BCUT2D eigenvalue weighted by molar-refractivity contribution is 5.98. The first kappa shape index (κ1) is 14.7. The number of methoxy groups -OCH3 is 1. The number of nitrogens with one attached hydrogen (secondary N) is 1. The van der Waals surface area contributed by atoms with Gasteiger partial charge >= 0.3 is 0 Å². The molecule has 1 amide bonds. The number of carbonyl (C=O) groups is 1. The van der Waals surface area contributed by atoms with Gasteiger partial charge in [-0.15, -0.1) is 0 Å². The summed E-state index contributed by atoms with van der Waals surface area (Å²) in [6.45, 7) is 2.64. The maximum atomic E-state index is 12.2. The second kappa shape index (κ2) is 5.76. The van der Waals surface area contributed by atoms with Crippen molar-refractivity contribution in [3.8, 4) is 0 Å². The van der Waals surface area contributed by atoms with Crippen LogP contribution in [0.3, 0.4) is 0 Å². The van der Waals surface area contributed by atoms with E-state index in [4.69, 9.17) is 10.5 Å². The summed E-state index contributed by atoms with van der Waals surface area (Å²) in [5.41, 5.74) is 5.65. The standard InChI is InChI=1S/C14H21N3O3/c1-14(15,10-3-4-10)13(19)16-11-5-6-12(18)17(9-11)7-8-20-2/h5-6,9-10H,3-4,7-8,15H2,1-2H3,(H,16,19). The molecule has 2 rings (SSSR count). The van der Waals surface area contributed by atoms with Crippen LogP contribution in [0.5, 0.6) is 0 Å². The molecule has 3 N–H and O–H groups in total. The van der Waals surface area contributed by atoms with E-state index in [1.807, 2.05) is 0 Å². The van der Waals surface area contributed by atoms with E-state index < -0.39 is 5.54 Å². The van der Waals surface area contributed by atoms with Crippen LogP contribution in [0.25, 0.3) is 0 Å². The van der Waals surface area contributed by atoms with Crippen molar-refractivity contribution in [1.29, 1.82) is 0 Å². The maximum absolute atomic E-state index is 12.2. The van der Waals surface area contributed by atoms with Crippen LogP contribution in [-0.4, -0.2) is 29.7 Å². The Morgan fingerprint density at radius 1 is 1.55 bits per heavy atom. The molecule has 1 aliphatic rings. The summed E-state index contributed by atoms with van der Waals surface area (Å²) in [5, 5.41) is 2.78. The molecule has 0 aliphatic heterocycles. The summed E-state index contributed by atoms with van der Waals surface area (Å²) < 4.78 is 6.45. The normalized spacial score (nSPS) is 17.6. The van der Waals surface area contributed by atoms with Gasteiger partial charge in [-0.3, -0.25) is 9.59 Å². The zero-order valence-electron chi connectivity index (χ0n) is 11.9. The average Bonchev–Trinajstić information content (AvgIpc) is 3.24. The van der Waals surface area contributed by atoms with E-state index >= 15 is 0 Å². The van der Waals surface area contributed by atoms with Gasteiger partial charge in [-0.1, -0.05) is 0 Å². The zero-order chi connectivity index (χ0) is 14.8. The molecule has 6 nitrogen and oxygen atoms in total. The number of anilines is 1. The number of hydrogen-bond donors (Lipinski definition) is 2. The molecule has 110 valence electrons. The highest BCUT2D eigenvalue weighted by atomic mass is 16.5. The van der Waals surface area contributed by atoms with Crippen molar-refractivity contribution < 1.29 is 9.53 Å². The number of amides is 1. The topological polar surface area (TPSA) is 86.3 Å². The third kappa shape index (κ3) is 3.26. The number of aromatic nitrogens is 1. The van der Waals surface area contributed by atoms with Crippen molar-refractivity contribution in [3.63, 3.8) is 0 Å². The van der Waals surface area contributed by atoms with E-state index in [-0.39, 0.29) is 17.4 Å². The average molecular weight is 279 g/mol. The van der Waals surface area contributed by atoms with E-state index in [1.54, 1.807) is 26.3 Å². The Morgan fingerprint density at radius 2 is 2.25 bits per heavy atom. The van der Waals surface area contributed by atoms with Gasteiger partial charge in [0.15, 0.2) is 0 Å². The molecule has 0 bridgehead atoms. The van der Waals surface area contributed by atoms with Crippen LogP contribution in [0, 0.1) is 5.92 Å². The summed E-state index contributed by atoms with van der Waals surface area (Å²) in [7, 11) is 1.58. The fraction of sp³-hybridized carbons (Fsp3) is 0.571. The van der Waals surface area contributed by atoms with Crippen LogP contribution < -0.4 is 16.6 Å². The third-order valence-corrected chi connectivity index (χ3v) is 3.69. The number of pyridine rings is 1. The van der Waals surface area contributed by atoms with Crippen molar-refractivity contribution in [1.82, 2.24) is 4.57 Å². The second-order valence-corrected chi connectivity index (χ2v) is 5.45. The number of rotatable bonds is 6. The third-order valence-electron chi connectivity index (χ3n) is 3.69. The van der Waals surface area contributed by atoms with Crippen LogP contribution in [0.15, 0.2) is 23.1 Å². The maximum Gasteiger partial charge on any atom is 0.250 e. The number of hydrogen-bond acceptors (Lipinski definition) is 4. The molecule has 0 radical (unpaired) electrons. The van der Waals surface area contributed by atoms with Gasteiger partial charge in [0.05, 0.1) is 17.8 Å². The number of nitrogens with zero attached hydrogens (tertiary/aromatic N) is 1. The quantitative estimate of drug-likeness (QED) is 0.796. The van der Waals surface area contributed by atoms with Gasteiger partial charge in [0.2, 0.25) is 5.91 Å². The van der Waals surface area contributed by atoms with E-state index in [1.165, 1.54) is 10.6 Å². The molecule has 0 saturated heterocycles. The van der Waals surface area contributed by atoms with E-state index in [2.05, 4.69) is 5.32 Å². The molecule has 1 heterocycles. The smallest absolute Gasteiger partial charge is 0.250 e. The molecule has 1 atom stereocenters. The zero-order valence-corrected chi connectivity index (χ0v) is 11.9. The van der Waals surface area contributed by atoms with Gasteiger partial charge in [-0.25, -0.2) is 0 Å². The predicted molar refractivity (Wildman–Crippen MR) is 76.5 cm³/mol. The Balaban J connectivity index is 2.09. The predicted octanol–water partition coefficient (Wildman–Crippen LogP) is 0.561. The minimum Gasteiger partial charge on any atom is -0.383 e. The molecular weight excluding hydrogens is 258 g/mol. The molecule has 1 fully saturated rings. The Morgan fingerprint density at radius 3 is 2.85 bits per heavy atom. The minimum absolute atomic E-state index is 0.127. The van der Waals surface area contributed by atoms with Crippen molar-refractivity contribution in [2.75, 3.05) is 19.0 Å². The lowest BCUT2D eigenvalue weighted by molar-refractivity contribution is -0.121. The van der Waals surface area contributed by atoms with Crippen molar-refractivity contribution >= 4 is 11.6 Å². The SMILES string of the molecule is COCCn1cc(NC(=O)C(C)(N)C2CC2)ccc1=O. The molecule has 1 aromatic heterocycles. The van der Waals surface area contributed by atoms with E-state index in [0.29, 0.717) is 18.8 Å². The first-order chi connectivity index (χ1) is 9.45. The fourth-order valence-electron chi connectivity index (χ4n) is 2.10. The molecule has 1 aliphatic carbocycles. The van der Waals surface area contributed by atoms with Gasteiger partial charge in [0, 0.05) is 25.9 Å². The van der Waals surface area contributed by atoms with Crippen molar-refractivity contribution in [2.24, 2.45) is 11.7 Å². The Hall–Kier alpha value is -1.66. The van der Waals surface area contributed by atoms with E-state index in [0.717, 1.165) is 12.8 Å². The number of carbonyl (C=O) groups excluding carboxylic acids is 1.